The molecule has 29 heavy (non-hydrogen) atoms. The molecule has 0 heterocycles. The fraction of sp³-hybridized carbons (Fsp3) is 0.111. The highest BCUT2D eigenvalue weighted by Crippen LogP contribution is 2.22. The zero-order valence-corrected chi connectivity index (χ0v) is 17.0. The molecule has 0 spiro atoms. The van der Waals surface area contributed by atoms with Gasteiger partial charge in [0, 0.05) is 0 Å². The fourth-order valence-corrected chi connectivity index (χ4v) is 2.73. The molecule has 0 saturated heterocycles. The van der Waals surface area contributed by atoms with E-state index in [9.17, 15) is 0 Å². The van der Waals surface area contributed by atoms with E-state index in [0.29, 0.717) is 0 Å². The lowest BCUT2D eigenvalue weighted by Gasteiger charge is -2.07. The number of benzene rings is 3. The molecular weight excluding hydrogens is 356 g/mol. The first-order valence-electron chi connectivity index (χ1n) is 9.69. The van der Waals surface area contributed by atoms with E-state index in [1.807, 2.05) is 72.8 Å². The van der Waals surface area contributed by atoms with Crippen molar-refractivity contribution in [3.63, 3.8) is 0 Å². The number of allylic oxidation sites excluding steroid dienone is 4. The first-order valence-corrected chi connectivity index (χ1v) is 9.69. The minimum Gasteiger partial charge on any atom is -0.457 e. The molecule has 0 N–H and O–H groups in total. The van der Waals surface area contributed by atoms with Gasteiger partial charge in [0.15, 0.2) is 0 Å². The maximum Gasteiger partial charge on any atom is 0.127 e. The second kappa shape index (κ2) is 10.1. The van der Waals surface area contributed by atoms with Crippen molar-refractivity contribution in [2.75, 3.05) is 0 Å². The molecule has 0 aromatic heterocycles. The van der Waals surface area contributed by atoms with E-state index in [-0.39, 0.29) is 0 Å². The lowest BCUT2D eigenvalue weighted by molar-refractivity contribution is 0.444. The van der Waals surface area contributed by atoms with Crippen molar-refractivity contribution in [2.45, 2.75) is 20.3 Å². The van der Waals surface area contributed by atoms with Gasteiger partial charge in [-0.25, -0.2) is 0 Å². The van der Waals surface area contributed by atoms with Gasteiger partial charge in [0.1, 0.15) is 23.0 Å². The van der Waals surface area contributed by atoms with Gasteiger partial charge in [0.2, 0.25) is 0 Å². The Morgan fingerprint density at radius 3 is 1.83 bits per heavy atom. The fourth-order valence-electron chi connectivity index (χ4n) is 2.73. The minimum absolute atomic E-state index is 0.753. The third-order valence-electron chi connectivity index (χ3n) is 4.35. The summed E-state index contributed by atoms with van der Waals surface area (Å²) in [6.45, 7) is 7.89. The number of ether oxygens (including phenoxy) is 2. The van der Waals surface area contributed by atoms with Crippen LogP contribution in [0.15, 0.2) is 109 Å². The average Bonchev–Trinajstić information content (AvgIpc) is 2.73. The van der Waals surface area contributed by atoms with Crippen molar-refractivity contribution < 1.29 is 9.47 Å². The van der Waals surface area contributed by atoms with Crippen molar-refractivity contribution in [2.24, 2.45) is 0 Å². The summed E-state index contributed by atoms with van der Waals surface area (Å²) in [5, 5.41) is 0. The summed E-state index contributed by atoms with van der Waals surface area (Å²) >= 11 is 0. The Balaban J connectivity index is 1.57. The standard InChI is InChI=1S/C27H26O2/c1-4-6-24(28-25-15-9-21(2)10-16-25)8-5-7-23-13-19-27(20-14-23)29-26-17-11-22(3)12-18-26/h4-6,8-20H,1,7H2,2-3H3/b8-5-,24-6+. The van der Waals surface area contributed by atoms with Crippen LogP contribution in [-0.4, -0.2) is 0 Å². The first kappa shape index (κ1) is 20.2. The molecular formula is C27H26O2. The molecule has 0 unspecified atom stereocenters. The van der Waals surface area contributed by atoms with Gasteiger partial charge in [-0.1, -0.05) is 66.3 Å². The summed E-state index contributed by atoms with van der Waals surface area (Å²) in [6, 6.07) is 24.2. The molecule has 0 aliphatic carbocycles. The number of hydrogen-bond acceptors (Lipinski definition) is 2. The van der Waals surface area contributed by atoms with E-state index in [1.54, 1.807) is 6.08 Å². The van der Waals surface area contributed by atoms with Crippen LogP contribution in [0.3, 0.4) is 0 Å². The second-order valence-corrected chi connectivity index (χ2v) is 6.89. The van der Waals surface area contributed by atoms with Gasteiger partial charge in [-0.15, -0.1) is 0 Å². The van der Waals surface area contributed by atoms with Crippen LogP contribution in [0.25, 0.3) is 0 Å². The maximum atomic E-state index is 5.92. The second-order valence-electron chi connectivity index (χ2n) is 6.89. The average molecular weight is 383 g/mol. The number of rotatable bonds is 8. The third-order valence-corrected chi connectivity index (χ3v) is 4.35. The zero-order chi connectivity index (χ0) is 20.5. The molecule has 3 rings (SSSR count). The molecule has 0 bridgehead atoms. The van der Waals surface area contributed by atoms with Crippen LogP contribution in [0.5, 0.6) is 17.2 Å². The lowest BCUT2D eigenvalue weighted by Crippen LogP contribution is -1.92. The maximum absolute atomic E-state index is 5.92. The highest BCUT2D eigenvalue weighted by atomic mass is 16.5. The number of aryl methyl sites for hydroxylation is 2. The van der Waals surface area contributed by atoms with Crippen molar-refractivity contribution in [3.05, 3.63) is 126 Å². The molecule has 0 fully saturated rings. The molecule has 3 aromatic rings. The smallest absolute Gasteiger partial charge is 0.127 e. The van der Waals surface area contributed by atoms with Crippen molar-refractivity contribution >= 4 is 0 Å². The van der Waals surface area contributed by atoms with Crippen molar-refractivity contribution in [3.8, 4) is 17.2 Å². The summed E-state index contributed by atoms with van der Waals surface area (Å²) in [5.41, 5.74) is 3.62. The van der Waals surface area contributed by atoms with E-state index in [0.717, 1.165) is 29.4 Å². The highest BCUT2D eigenvalue weighted by Gasteiger charge is 1.99. The molecule has 0 aliphatic heterocycles. The van der Waals surface area contributed by atoms with Gasteiger partial charge in [0.25, 0.3) is 0 Å². The Bertz CT molecular complexity index is 976. The van der Waals surface area contributed by atoms with Crippen LogP contribution in [-0.2, 0) is 6.42 Å². The summed E-state index contributed by atoms with van der Waals surface area (Å²) < 4.78 is 11.8. The normalized spacial score (nSPS) is 11.4. The van der Waals surface area contributed by atoms with Crippen molar-refractivity contribution in [1.82, 2.24) is 0 Å². The Labute approximate surface area is 173 Å². The molecule has 0 aliphatic rings. The van der Waals surface area contributed by atoms with E-state index >= 15 is 0 Å². The summed E-state index contributed by atoms with van der Waals surface area (Å²) in [4.78, 5) is 0. The molecule has 0 radical (unpaired) electrons. The van der Waals surface area contributed by atoms with Crippen LogP contribution < -0.4 is 9.47 Å². The van der Waals surface area contributed by atoms with Crippen LogP contribution in [0.1, 0.15) is 16.7 Å². The predicted octanol–water partition coefficient (Wildman–Crippen LogP) is 7.34. The minimum atomic E-state index is 0.753. The van der Waals surface area contributed by atoms with E-state index in [2.05, 4.69) is 38.6 Å². The molecule has 2 heteroatoms. The molecule has 0 atom stereocenters. The predicted molar refractivity (Wildman–Crippen MR) is 121 cm³/mol. The zero-order valence-electron chi connectivity index (χ0n) is 17.0. The monoisotopic (exact) mass is 382 g/mol. The molecule has 2 nitrogen and oxygen atoms in total. The van der Waals surface area contributed by atoms with Gasteiger partial charge >= 0.3 is 0 Å². The van der Waals surface area contributed by atoms with Crippen molar-refractivity contribution in [1.29, 1.82) is 0 Å². The molecule has 0 saturated carbocycles. The van der Waals surface area contributed by atoms with E-state index in [1.165, 1.54) is 16.7 Å². The summed E-state index contributed by atoms with van der Waals surface area (Å²) in [6.07, 6.45) is 8.44. The van der Waals surface area contributed by atoms with Crippen LogP contribution in [0.4, 0.5) is 0 Å². The topological polar surface area (TPSA) is 18.5 Å². The number of hydrogen-bond donors (Lipinski definition) is 0. The van der Waals surface area contributed by atoms with E-state index in [4.69, 9.17) is 9.47 Å². The van der Waals surface area contributed by atoms with Gasteiger partial charge in [-0.05, 0) is 74.4 Å². The third kappa shape index (κ3) is 6.54. The van der Waals surface area contributed by atoms with Gasteiger partial charge in [0.05, 0.1) is 0 Å². The van der Waals surface area contributed by atoms with Crippen LogP contribution in [0, 0.1) is 13.8 Å². The van der Waals surface area contributed by atoms with E-state index < -0.39 is 0 Å². The van der Waals surface area contributed by atoms with Gasteiger partial charge in [-0.2, -0.15) is 0 Å². The Hall–Kier alpha value is -3.52. The van der Waals surface area contributed by atoms with Gasteiger partial charge < -0.3 is 9.47 Å². The Kier molecular flexibility index (Phi) is 7.07. The molecule has 146 valence electrons. The lowest BCUT2D eigenvalue weighted by atomic mass is 10.1. The quantitative estimate of drug-likeness (QED) is 0.300. The summed E-state index contributed by atoms with van der Waals surface area (Å²) in [5.74, 6) is 3.24. The highest BCUT2D eigenvalue weighted by molar-refractivity contribution is 5.35. The first-order chi connectivity index (χ1) is 14.1. The van der Waals surface area contributed by atoms with Crippen LogP contribution in [0.2, 0.25) is 0 Å². The Morgan fingerprint density at radius 2 is 1.28 bits per heavy atom. The Morgan fingerprint density at radius 1 is 0.759 bits per heavy atom. The molecule has 0 amide bonds. The SMILES string of the molecule is C=C/C=C(\C=C/Cc1ccc(Oc2ccc(C)cc2)cc1)Oc1ccc(C)cc1. The summed E-state index contributed by atoms with van der Waals surface area (Å²) in [7, 11) is 0. The largest absolute Gasteiger partial charge is 0.457 e. The van der Waals surface area contributed by atoms with Gasteiger partial charge in [-0.3, -0.25) is 0 Å². The molecule has 3 aromatic carbocycles. The van der Waals surface area contributed by atoms with Crippen LogP contribution >= 0.6 is 0 Å².